The van der Waals surface area contributed by atoms with Crippen LogP contribution in [0.1, 0.15) is 20.3 Å². The van der Waals surface area contributed by atoms with Crippen LogP contribution in [0.2, 0.25) is 0 Å². The minimum Gasteiger partial charge on any atom is -0.480 e. The first-order valence-corrected chi connectivity index (χ1v) is 2.92. The Labute approximate surface area is 53.9 Å². The van der Waals surface area contributed by atoms with Crippen molar-refractivity contribution in [3.05, 3.63) is 0 Å². The van der Waals surface area contributed by atoms with Gasteiger partial charge in [-0.2, -0.15) is 0 Å². The van der Waals surface area contributed by atoms with Crippen molar-refractivity contribution in [1.29, 1.82) is 0 Å². The Morgan fingerprint density at radius 1 is 1.67 bits per heavy atom. The molecule has 0 radical (unpaired) electrons. The van der Waals surface area contributed by atoms with Crippen LogP contribution in [0.3, 0.4) is 0 Å². The number of aliphatic carboxylic acids is 1. The Kier molecular flexibility index (Phi) is 0.939. The SMILES string of the molecule is CC1(C)C[C@]1(N)C(=O)O. The summed E-state index contributed by atoms with van der Waals surface area (Å²) in [6.45, 7) is 3.72. The predicted molar refractivity (Wildman–Crippen MR) is 33.0 cm³/mol. The second kappa shape index (κ2) is 1.29. The van der Waals surface area contributed by atoms with Gasteiger partial charge in [-0.1, -0.05) is 13.8 Å². The molecule has 0 bridgehead atoms. The van der Waals surface area contributed by atoms with E-state index in [0.717, 1.165) is 0 Å². The van der Waals surface area contributed by atoms with Crippen LogP contribution in [-0.2, 0) is 4.79 Å². The summed E-state index contributed by atoms with van der Waals surface area (Å²) in [5.41, 5.74) is 4.33. The van der Waals surface area contributed by atoms with Crippen LogP contribution >= 0.6 is 0 Å². The molecule has 0 spiro atoms. The van der Waals surface area contributed by atoms with Gasteiger partial charge in [0.05, 0.1) is 0 Å². The fourth-order valence-corrected chi connectivity index (χ4v) is 1.02. The average Bonchev–Trinajstić information content (AvgIpc) is 2.08. The highest BCUT2D eigenvalue weighted by Gasteiger charge is 2.64. The Morgan fingerprint density at radius 3 is 2.00 bits per heavy atom. The van der Waals surface area contributed by atoms with Gasteiger partial charge in [0.2, 0.25) is 0 Å². The first kappa shape index (κ1) is 6.55. The van der Waals surface area contributed by atoms with E-state index in [-0.39, 0.29) is 5.41 Å². The Bertz CT molecular complexity index is 164. The van der Waals surface area contributed by atoms with Crippen molar-refractivity contribution in [3.63, 3.8) is 0 Å². The van der Waals surface area contributed by atoms with Gasteiger partial charge in [-0.25, -0.2) is 0 Å². The summed E-state index contributed by atoms with van der Waals surface area (Å²) < 4.78 is 0. The van der Waals surface area contributed by atoms with Crippen LogP contribution in [0.15, 0.2) is 0 Å². The van der Waals surface area contributed by atoms with Crippen LogP contribution in [0, 0.1) is 5.41 Å². The molecule has 0 saturated heterocycles. The third kappa shape index (κ3) is 0.645. The molecule has 1 aliphatic rings. The summed E-state index contributed by atoms with van der Waals surface area (Å²) in [5, 5.41) is 8.52. The predicted octanol–water partition coefficient (Wildman–Crippen LogP) is 0.198. The molecule has 0 aromatic rings. The number of hydrogen-bond donors (Lipinski definition) is 2. The number of carboxylic acids is 1. The minimum absolute atomic E-state index is 0.196. The van der Waals surface area contributed by atoms with Gasteiger partial charge in [0.1, 0.15) is 5.54 Å². The molecule has 0 unspecified atom stereocenters. The first-order chi connectivity index (χ1) is 3.90. The van der Waals surface area contributed by atoms with E-state index in [1.165, 1.54) is 0 Å². The molecular formula is C6H11NO2. The molecule has 3 heteroatoms. The number of rotatable bonds is 1. The summed E-state index contributed by atoms with van der Waals surface area (Å²) in [5.74, 6) is -0.882. The topological polar surface area (TPSA) is 63.3 Å². The van der Waals surface area contributed by atoms with Gasteiger partial charge < -0.3 is 10.8 Å². The Morgan fingerprint density at radius 2 is 2.00 bits per heavy atom. The Balaban J connectivity index is 2.74. The molecule has 0 heterocycles. The molecule has 0 aromatic heterocycles. The zero-order valence-electron chi connectivity index (χ0n) is 5.64. The minimum atomic E-state index is -0.938. The van der Waals surface area contributed by atoms with Gasteiger partial charge >= 0.3 is 5.97 Å². The van der Waals surface area contributed by atoms with Gasteiger partial charge in [-0.05, 0) is 11.8 Å². The molecule has 1 atom stereocenters. The van der Waals surface area contributed by atoms with Gasteiger partial charge in [-0.3, -0.25) is 4.79 Å². The highest BCUT2D eigenvalue weighted by atomic mass is 16.4. The van der Waals surface area contributed by atoms with Crippen LogP contribution in [0.25, 0.3) is 0 Å². The van der Waals surface area contributed by atoms with Gasteiger partial charge in [0, 0.05) is 0 Å². The van der Waals surface area contributed by atoms with E-state index in [1.54, 1.807) is 0 Å². The summed E-state index contributed by atoms with van der Waals surface area (Å²) in [7, 11) is 0. The number of hydrogen-bond acceptors (Lipinski definition) is 2. The lowest BCUT2D eigenvalue weighted by Gasteiger charge is -2.07. The van der Waals surface area contributed by atoms with Crippen molar-refractivity contribution in [1.82, 2.24) is 0 Å². The average molecular weight is 129 g/mol. The number of carbonyl (C=O) groups is 1. The largest absolute Gasteiger partial charge is 0.480 e. The normalized spacial score (nSPS) is 38.1. The molecule has 1 fully saturated rings. The Hall–Kier alpha value is -0.570. The molecule has 52 valence electrons. The number of nitrogens with two attached hydrogens (primary N) is 1. The standard InChI is InChI=1S/C6H11NO2/c1-5(2)3-6(5,7)4(8)9/h3,7H2,1-2H3,(H,8,9)/t6-/m0/s1. The maximum Gasteiger partial charge on any atom is 0.324 e. The zero-order valence-corrected chi connectivity index (χ0v) is 5.64. The fourth-order valence-electron chi connectivity index (χ4n) is 1.02. The van der Waals surface area contributed by atoms with Crippen LogP contribution < -0.4 is 5.73 Å². The molecular weight excluding hydrogens is 118 g/mol. The summed E-state index contributed by atoms with van der Waals surface area (Å²) in [4.78, 5) is 10.4. The lowest BCUT2D eigenvalue weighted by Crippen LogP contribution is -2.37. The van der Waals surface area contributed by atoms with Crippen molar-refractivity contribution in [2.24, 2.45) is 11.1 Å². The van der Waals surface area contributed by atoms with Crippen molar-refractivity contribution < 1.29 is 9.90 Å². The van der Waals surface area contributed by atoms with Crippen molar-refractivity contribution >= 4 is 5.97 Å². The first-order valence-electron chi connectivity index (χ1n) is 2.92. The number of carboxylic acid groups (broad SMARTS) is 1. The van der Waals surface area contributed by atoms with E-state index >= 15 is 0 Å². The quantitative estimate of drug-likeness (QED) is 0.531. The molecule has 3 N–H and O–H groups in total. The maximum atomic E-state index is 10.4. The monoisotopic (exact) mass is 129 g/mol. The van der Waals surface area contributed by atoms with Crippen LogP contribution in [-0.4, -0.2) is 16.6 Å². The summed E-state index contributed by atoms with van der Waals surface area (Å²) in [6, 6.07) is 0. The highest BCUT2D eigenvalue weighted by molar-refractivity contribution is 5.84. The molecule has 3 nitrogen and oxygen atoms in total. The third-order valence-electron chi connectivity index (χ3n) is 2.19. The molecule has 0 aliphatic heterocycles. The molecule has 0 aromatic carbocycles. The fraction of sp³-hybridized carbons (Fsp3) is 0.833. The van der Waals surface area contributed by atoms with Crippen molar-refractivity contribution in [2.45, 2.75) is 25.8 Å². The van der Waals surface area contributed by atoms with E-state index in [4.69, 9.17) is 10.8 Å². The molecule has 9 heavy (non-hydrogen) atoms. The third-order valence-corrected chi connectivity index (χ3v) is 2.19. The van der Waals surface area contributed by atoms with Crippen LogP contribution in [0.4, 0.5) is 0 Å². The van der Waals surface area contributed by atoms with Crippen molar-refractivity contribution in [2.75, 3.05) is 0 Å². The second-order valence-electron chi connectivity index (χ2n) is 3.34. The molecule has 1 rings (SSSR count). The van der Waals surface area contributed by atoms with E-state index in [9.17, 15) is 4.79 Å². The van der Waals surface area contributed by atoms with Gasteiger partial charge in [0.25, 0.3) is 0 Å². The van der Waals surface area contributed by atoms with E-state index < -0.39 is 11.5 Å². The molecule has 1 saturated carbocycles. The molecule has 0 amide bonds. The van der Waals surface area contributed by atoms with Crippen molar-refractivity contribution in [3.8, 4) is 0 Å². The smallest absolute Gasteiger partial charge is 0.324 e. The maximum absolute atomic E-state index is 10.4. The zero-order chi connectivity index (χ0) is 7.28. The van der Waals surface area contributed by atoms with Gasteiger partial charge in [0.15, 0.2) is 0 Å². The van der Waals surface area contributed by atoms with Gasteiger partial charge in [-0.15, -0.1) is 0 Å². The van der Waals surface area contributed by atoms with E-state index in [1.807, 2.05) is 13.8 Å². The van der Waals surface area contributed by atoms with Crippen LogP contribution in [0.5, 0.6) is 0 Å². The summed E-state index contributed by atoms with van der Waals surface area (Å²) >= 11 is 0. The lowest BCUT2D eigenvalue weighted by atomic mass is 10.1. The second-order valence-corrected chi connectivity index (χ2v) is 3.34. The van der Waals surface area contributed by atoms with E-state index in [0.29, 0.717) is 6.42 Å². The highest BCUT2D eigenvalue weighted by Crippen LogP contribution is 2.53. The lowest BCUT2D eigenvalue weighted by molar-refractivity contribution is -0.140. The molecule has 1 aliphatic carbocycles. The summed E-state index contributed by atoms with van der Waals surface area (Å²) in [6.07, 6.45) is 0.593. The van der Waals surface area contributed by atoms with E-state index in [2.05, 4.69) is 0 Å².